The number of methoxy groups -OCH3 is 1. The predicted octanol–water partition coefficient (Wildman–Crippen LogP) is 12.8. The van der Waals surface area contributed by atoms with E-state index in [1.807, 2.05) is 63.6 Å². The average Bonchev–Trinajstić information content (AvgIpc) is 1.81. The molecular formula is C71H85BrCl6K2N6O14. The van der Waals surface area contributed by atoms with E-state index in [0.29, 0.717) is 87.4 Å². The molecule has 0 saturated carbocycles. The SMILES string of the molecule is C.C.C.C.CCOC(=O)C(Br)c1cccc(Cl)c1.CCOC(=O)C(Oc1ccc(Cl)cc1-c1ccn(CC)n1)c1cccc(Cl)c1.CCn1ccc(-c2cc(Cl)ccc2O)n1.CCn1ccc(-c2cc(Cl)ccc2OC(C(=O)O)c2cccc(Cl)c2)n1.COC1CCCO1.O=CO[O-].[H-].[K+].[K+]. The number of hydrogen-bond donors (Lipinski definition) is 2. The molecule has 10 rings (SSSR count). The molecule has 534 valence electrons. The average molecular weight is 1620 g/mol. The number of phenols is 1. The number of phenolic OH excluding ortho intramolecular Hbond substituents is 1. The number of benzene rings is 6. The first-order valence-electron chi connectivity index (χ1n) is 29.0. The number of carbonyl (C=O) groups excluding carboxylic acids is 3. The van der Waals surface area contributed by atoms with Crippen LogP contribution in [0.1, 0.15) is 112 Å². The number of halogens is 7. The van der Waals surface area contributed by atoms with Gasteiger partial charge in [0.2, 0.25) is 12.2 Å². The van der Waals surface area contributed by atoms with Crippen LogP contribution in [0.4, 0.5) is 0 Å². The maximum Gasteiger partial charge on any atom is 1.00 e. The number of aromatic nitrogens is 6. The molecule has 0 radical (unpaired) electrons. The molecule has 6 aromatic carbocycles. The molecule has 1 saturated heterocycles. The first kappa shape index (κ1) is 97.7. The van der Waals surface area contributed by atoms with Crippen molar-refractivity contribution in [3.63, 3.8) is 0 Å². The number of aromatic hydroxyl groups is 1. The normalized spacial score (nSPS) is 12.1. The predicted molar refractivity (Wildman–Crippen MR) is 392 cm³/mol. The van der Waals surface area contributed by atoms with Gasteiger partial charge in [0.1, 0.15) is 22.1 Å². The van der Waals surface area contributed by atoms with E-state index in [1.165, 1.54) is 0 Å². The summed E-state index contributed by atoms with van der Waals surface area (Å²) >= 11 is 39.3. The van der Waals surface area contributed by atoms with Gasteiger partial charge in [0, 0.05) is 116 Å². The summed E-state index contributed by atoms with van der Waals surface area (Å²) < 4.78 is 37.4. The number of hydrogen-bond acceptors (Lipinski definition) is 16. The van der Waals surface area contributed by atoms with Gasteiger partial charge in [-0.15, -0.1) is 0 Å². The number of carboxylic acid groups (broad SMARTS) is 1. The first-order valence-corrected chi connectivity index (χ1v) is 32.2. The third-order valence-electron chi connectivity index (χ3n) is 12.9. The number of carboxylic acids is 1. The van der Waals surface area contributed by atoms with Gasteiger partial charge in [0.25, 0.3) is 6.47 Å². The molecule has 20 nitrogen and oxygen atoms in total. The van der Waals surface area contributed by atoms with Gasteiger partial charge in [-0.1, -0.05) is 152 Å². The second kappa shape index (κ2) is 52.5. The number of nitrogens with zero attached hydrogens (tertiary/aromatic N) is 6. The molecule has 1 aliphatic heterocycles. The van der Waals surface area contributed by atoms with E-state index in [0.717, 1.165) is 50.3 Å². The van der Waals surface area contributed by atoms with Crippen LogP contribution in [0.25, 0.3) is 33.8 Å². The Morgan fingerprint density at radius 3 is 1.31 bits per heavy atom. The number of ether oxygens (including phenoxy) is 6. The summed E-state index contributed by atoms with van der Waals surface area (Å²) in [6.07, 6.45) is 5.73. The molecular weight excluding hydrogens is 1530 g/mol. The Labute approximate surface area is 711 Å². The summed E-state index contributed by atoms with van der Waals surface area (Å²) in [5.74, 6) is -0.862. The Morgan fingerprint density at radius 1 is 0.580 bits per heavy atom. The second-order valence-electron chi connectivity index (χ2n) is 19.3. The molecule has 0 aliphatic carbocycles. The zero-order chi connectivity index (χ0) is 68.7. The van der Waals surface area contributed by atoms with Crippen molar-refractivity contribution in [2.24, 2.45) is 0 Å². The maximum absolute atomic E-state index is 12.6. The van der Waals surface area contributed by atoms with Crippen LogP contribution in [0, 0.1) is 0 Å². The van der Waals surface area contributed by atoms with Gasteiger partial charge in [-0.05, 0) is 156 Å². The minimum atomic E-state index is -1.21. The van der Waals surface area contributed by atoms with E-state index in [4.69, 9.17) is 108 Å². The molecule has 2 N–H and O–H groups in total. The smallest absolute Gasteiger partial charge is 1.00 e. The van der Waals surface area contributed by atoms with Crippen LogP contribution < -0.4 is 118 Å². The van der Waals surface area contributed by atoms with E-state index in [1.54, 1.807) is 156 Å². The fraction of sp³-hybridized carbons (Fsp3) is 0.310. The summed E-state index contributed by atoms with van der Waals surface area (Å²) in [4.78, 5) is 46.5. The molecule has 4 heterocycles. The number of esters is 2. The number of rotatable bonds is 20. The Morgan fingerprint density at radius 2 is 0.950 bits per heavy atom. The molecule has 29 heteroatoms. The molecule has 9 aromatic rings. The zero-order valence-corrected chi connectivity index (χ0v) is 66.1. The quantitative estimate of drug-likeness (QED) is 0.0180. The monoisotopic (exact) mass is 1610 g/mol. The molecule has 3 aromatic heterocycles. The number of carbonyl (C=O) groups is 4. The van der Waals surface area contributed by atoms with E-state index in [2.05, 4.69) is 36.1 Å². The Kier molecular flexibility index (Phi) is 51.3. The molecule has 0 spiro atoms. The van der Waals surface area contributed by atoms with E-state index >= 15 is 0 Å². The molecule has 0 bridgehead atoms. The van der Waals surface area contributed by atoms with Gasteiger partial charge in [0.15, 0.2) is 6.29 Å². The Hall–Kier alpha value is -4.40. The van der Waals surface area contributed by atoms with Gasteiger partial charge in [-0.3, -0.25) is 23.6 Å². The van der Waals surface area contributed by atoms with Crippen molar-refractivity contribution < 1.29 is 172 Å². The molecule has 0 amide bonds. The van der Waals surface area contributed by atoms with Gasteiger partial charge in [-0.2, -0.15) is 15.3 Å². The van der Waals surface area contributed by atoms with Crippen LogP contribution in [0.3, 0.4) is 0 Å². The summed E-state index contributed by atoms with van der Waals surface area (Å²) in [7, 11) is 1.68. The summed E-state index contributed by atoms with van der Waals surface area (Å²) in [6.45, 7) is 13.1. The molecule has 4 atom stereocenters. The largest absolute Gasteiger partial charge is 1.00 e. The van der Waals surface area contributed by atoms with Gasteiger partial charge < -0.3 is 50.2 Å². The zero-order valence-electron chi connectivity index (χ0n) is 54.8. The van der Waals surface area contributed by atoms with Crippen molar-refractivity contribution in [3.05, 3.63) is 211 Å². The minimum absolute atomic E-state index is 0. The molecule has 4 unspecified atom stereocenters. The van der Waals surface area contributed by atoms with Gasteiger partial charge >= 0.3 is 121 Å². The Bertz CT molecular complexity index is 3870. The second-order valence-corrected chi connectivity index (χ2v) is 22.9. The summed E-state index contributed by atoms with van der Waals surface area (Å²) in [6, 6.07) is 41.3. The summed E-state index contributed by atoms with van der Waals surface area (Å²) in [5, 5.41) is 44.2. The Balaban J connectivity index is -0.00000121. The standard InChI is InChI=1S/C21H20Cl2N2O3.C19H16Cl2N2O3.C11H11ClN2O.C10H10BrClO2.C5H10O2.CH2O3.4CH4.2K.H/c1-3-25-11-10-18(24-25)17-13-16(23)8-9-19(17)28-20(21(26)27-4-2)14-6-5-7-15(22)12-14;1-2-23-9-8-16(22-23)15-11-14(21)6-7-17(15)26-18(19(24)25)12-4-3-5-13(20)10-12;1-2-14-6-5-10(13-14)9-7-8(12)3-4-11(9)15;1-2-14-10(13)9(11)7-4-3-5-8(12)6-7;1-6-5-3-2-4-7-5;2-1-4-3;;;;;;;/h5-13,20H,3-4H2,1-2H3;3-11,18H,2H2,1H3,(H,24,25);3-7,15H,2H2,1H3;3-6,9H,2H2,1H3;5H,2-4H2,1H3;1,3H;4*1H4;;;/q;;;;;;;;;;2*+1;-1/p-1. The van der Waals surface area contributed by atoms with E-state index in [-0.39, 0.29) is 165 Å². The van der Waals surface area contributed by atoms with Crippen molar-refractivity contribution in [2.45, 2.75) is 120 Å². The van der Waals surface area contributed by atoms with Crippen LogP contribution in [-0.2, 0) is 62.6 Å². The van der Waals surface area contributed by atoms with Crippen molar-refractivity contribution in [3.8, 4) is 51.0 Å². The van der Waals surface area contributed by atoms with Crippen molar-refractivity contribution in [2.75, 3.05) is 26.9 Å². The van der Waals surface area contributed by atoms with E-state index in [9.17, 15) is 24.6 Å². The van der Waals surface area contributed by atoms with Crippen LogP contribution in [0.2, 0.25) is 30.1 Å². The molecule has 100 heavy (non-hydrogen) atoms. The van der Waals surface area contributed by atoms with E-state index < -0.39 is 29.0 Å². The third-order valence-corrected chi connectivity index (χ3v) is 15.2. The fourth-order valence-corrected chi connectivity index (χ4v) is 9.97. The number of aliphatic carboxylic acids is 1. The van der Waals surface area contributed by atoms with Crippen LogP contribution in [-0.4, -0.2) is 97.2 Å². The number of aryl methyl sites for hydroxylation is 3. The molecule has 1 aliphatic rings. The molecule has 1 fully saturated rings. The third kappa shape index (κ3) is 32.3. The van der Waals surface area contributed by atoms with Crippen molar-refractivity contribution in [1.82, 2.24) is 29.3 Å². The van der Waals surface area contributed by atoms with Crippen LogP contribution >= 0.6 is 85.5 Å². The van der Waals surface area contributed by atoms with Crippen molar-refractivity contribution in [1.29, 1.82) is 0 Å². The van der Waals surface area contributed by atoms with Crippen LogP contribution in [0.15, 0.2) is 164 Å². The maximum atomic E-state index is 12.6. The fourth-order valence-electron chi connectivity index (χ4n) is 8.44. The summed E-state index contributed by atoms with van der Waals surface area (Å²) in [5.41, 5.74) is 5.92. The minimum Gasteiger partial charge on any atom is -1.00 e. The van der Waals surface area contributed by atoms with Gasteiger partial charge in [-0.25, -0.2) is 9.59 Å². The first-order chi connectivity index (χ1) is 45.2. The van der Waals surface area contributed by atoms with Gasteiger partial charge in [0.05, 0.1) is 30.3 Å². The van der Waals surface area contributed by atoms with Crippen LogP contribution in [0.5, 0.6) is 17.2 Å². The topological polar surface area (TPSA) is 250 Å². The van der Waals surface area contributed by atoms with Crippen molar-refractivity contribution >= 4 is 110 Å². The number of alkyl halides is 1.